The number of Topliss-reactive ketones (excluding diaryl/α,β-unsaturated/α-hetero) is 1. The van der Waals surface area contributed by atoms with Gasteiger partial charge in [0, 0.05) is 33.1 Å². The second-order valence-electron chi connectivity index (χ2n) is 7.25. The van der Waals surface area contributed by atoms with E-state index >= 15 is 0 Å². The Labute approximate surface area is 179 Å². The molecule has 2 saturated heterocycles. The summed E-state index contributed by atoms with van der Waals surface area (Å²) >= 11 is 5.11. The van der Waals surface area contributed by atoms with Crippen LogP contribution < -0.4 is 15.1 Å². The van der Waals surface area contributed by atoms with Gasteiger partial charge in [-0.05, 0) is 24.6 Å². The average molecular weight is 437 g/mol. The maximum absolute atomic E-state index is 14.8. The van der Waals surface area contributed by atoms with Crippen LogP contribution in [0.2, 0.25) is 0 Å². The van der Waals surface area contributed by atoms with Crippen molar-refractivity contribution in [2.24, 2.45) is 0 Å². The third-order valence-corrected chi connectivity index (χ3v) is 5.61. The number of hydrogen-bond acceptors (Lipinski definition) is 6. The molecule has 2 aliphatic heterocycles. The molecule has 1 atom stereocenters. The third-order valence-electron chi connectivity index (χ3n) is 5.17. The second kappa shape index (κ2) is 9.38. The van der Waals surface area contributed by atoms with E-state index in [0.717, 1.165) is 0 Å². The molecule has 10 heteroatoms. The van der Waals surface area contributed by atoms with Gasteiger partial charge >= 0.3 is 6.09 Å². The van der Waals surface area contributed by atoms with Crippen molar-refractivity contribution in [3.05, 3.63) is 24.0 Å². The Morgan fingerprint density at radius 2 is 1.97 bits per heavy atom. The van der Waals surface area contributed by atoms with Crippen LogP contribution in [-0.2, 0) is 14.3 Å². The first-order valence-electron chi connectivity index (χ1n) is 9.89. The summed E-state index contributed by atoms with van der Waals surface area (Å²) in [4.78, 5) is 40.6. The number of nitrogens with zero attached hydrogens (tertiary/aromatic N) is 3. The summed E-state index contributed by atoms with van der Waals surface area (Å²) in [5.74, 6) is -1.47. The molecule has 8 nitrogen and oxygen atoms in total. The lowest BCUT2D eigenvalue weighted by Gasteiger charge is -2.35. The van der Waals surface area contributed by atoms with Gasteiger partial charge in [-0.25, -0.2) is 9.18 Å². The molecule has 162 valence electrons. The molecule has 30 heavy (non-hydrogen) atoms. The number of thiocarbonyl (C=S) groups is 1. The van der Waals surface area contributed by atoms with Gasteiger partial charge in [0.05, 0.1) is 29.5 Å². The highest BCUT2D eigenvalue weighted by molar-refractivity contribution is 7.80. The van der Waals surface area contributed by atoms with E-state index in [0.29, 0.717) is 62.1 Å². The molecule has 3 rings (SSSR count). The number of carbonyl (C=O) groups is 3. The number of nitrogens with one attached hydrogen (secondary N) is 1. The zero-order valence-electron chi connectivity index (χ0n) is 17.0. The van der Waals surface area contributed by atoms with E-state index < -0.39 is 23.6 Å². The van der Waals surface area contributed by atoms with E-state index in [1.807, 2.05) is 11.8 Å². The van der Waals surface area contributed by atoms with Crippen LogP contribution in [0.25, 0.3) is 0 Å². The molecule has 0 saturated carbocycles. The Balaban J connectivity index is 1.62. The van der Waals surface area contributed by atoms with Gasteiger partial charge in [0.2, 0.25) is 5.78 Å². The molecule has 2 aliphatic rings. The van der Waals surface area contributed by atoms with Gasteiger partial charge in [0.25, 0.3) is 5.91 Å². The predicted octanol–water partition coefficient (Wildman–Crippen LogP) is 1.72. The number of ether oxygens (including phenoxy) is 1. The summed E-state index contributed by atoms with van der Waals surface area (Å²) < 4.78 is 20.1. The predicted molar refractivity (Wildman–Crippen MR) is 114 cm³/mol. The largest absolute Gasteiger partial charge is 0.442 e. The fourth-order valence-electron chi connectivity index (χ4n) is 3.48. The Kier molecular flexibility index (Phi) is 6.86. The van der Waals surface area contributed by atoms with Gasteiger partial charge in [-0.3, -0.25) is 14.5 Å². The molecule has 1 unspecified atom stereocenters. The van der Waals surface area contributed by atoms with E-state index in [1.165, 1.54) is 22.8 Å². The lowest BCUT2D eigenvalue weighted by Crippen LogP contribution is -2.50. The number of piperazine rings is 1. The molecular formula is C20H25FN4O4S. The maximum Gasteiger partial charge on any atom is 0.414 e. The van der Waals surface area contributed by atoms with Crippen LogP contribution in [0.1, 0.15) is 20.3 Å². The van der Waals surface area contributed by atoms with Gasteiger partial charge in [-0.1, -0.05) is 19.1 Å². The standard InChI is InChI=1S/C20H25FN4O4S/c1-3-18(30)22-11-15-12-25(20(28)29-15)14-4-5-17(16(21)10-14)23-6-8-24(9-7-23)19(27)13(2)26/h4-5,10,15H,3,6-9,11-12H2,1-2H3,(H,22,30). The lowest BCUT2D eigenvalue weighted by molar-refractivity contribution is -0.143. The van der Waals surface area contributed by atoms with Crippen molar-refractivity contribution >= 4 is 46.4 Å². The van der Waals surface area contributed by atoms with Crippen molar-refractivity contribution in [3.8, 4) is 0 Å². The monoisotopic (exact) mass is 436 g/mol. The maximum atomic E-state index is 14.8. The van der Waals surface area contributed by atoms with Crippen molar-refractivity contribution < 1.29 is 23.5 Å². The summed E-state index contributed by atoms with van der Waals surface area (Å²) in [7, 11) is 0. The van der Waals surface area contributed by atoms with E-state index in [2.05, 4.69) is 5.32 Å². The first-order valence-corrected chi connectivity index (χ1v) is 10.3. The Morgan fingerprint density at radius 1 is 1.27 bits per heavy atom. The molecule has 0 radical (unpaired) electrons. The zero-order chi connectivity index (χ0) is 21.8. The third kappa shape index (κ3) is 4.86. The fourth-order valence-corrected chi connectivity index (χ4v) is 3.57. The van der Waals surface area contributed by atoms with Gasteiger partial charge < -0.3 is 19.9 Å². The first-order chi connectivity index (χ1) is 14.3. The molecule has 2 fully saturated rings. The second-order valence-corrected chi connectivity index (χ2v) is 7.74. The van der Waals surface area contributed by atoms with Crippen LogP contribution in [0.15, 0.2) is 18.2 Å². The summed E-state index contributed by atoms with van der Waals surface area (Å²) in [6, 6.07) is 4.62. The van der Waals surface area contributed by atoms with Crippen molar-refractivity contribution in [1.29, 1.82) is 0 Å². The molecule has 0 aromatic heterocycles. The van der Waals surface area contributed by atoms with Crippen LogP contribution in [0, 0.1) is 5.82 Å². The number of carbonyl (C=O) groups excluding carboxylic acids is 3. The van der Waals surface area contributed by atoms with Gasteiger partial charge in [-0.15, -0.1) is 0 Å². The van der Waals surface area contributed by atoms with E-state index in [4.69, 9.17) is 17.0 Å². The normalized spacial score (nSPS) is 19.0. The number of halogens is 1. The number of benzene rings is 1. The zero-order valence-corrected chi connectivity index (χ0v) is 17.8. The Hall–Kier alpha value is -2.75. The molecule has 1 aromatic carbocycles. The Morgan fingerprint density at radius 3 is 2.57 bits per heavy atom. The topological polar surface area (TPSA) is 82.2 Å². The van der Waals surface area contributed by atoms with Crippen LogP contribution >= 0.6 is 12.2 Å². The number of anilines is 2. The quantitative estimate of drug-likeness (QED) is 0.537. The highest BCUT2D eigenvalue weighted by atomic mass is 32.1. The van der Waals surface area contributed by atoms with Gasteiger partial charge in [0.15, 0.2) is 0 Å². The van der Waals surface area contributed by atoms with Crippen molar-refractivity contribution in [3.63, 3.8) is 0 Å². The lowest BCUT2D eigenvalue weighted by atomic mass is 10.2. The van der Waals surface area contributed by atoms with Crippen molar-refractivity contribution in [2.45, 2.75) is 26.4 Å². The number of rotatable bonds is 6. The van der Waals surface area contributed by atoms with E-state index in [-0.39, 0.29) is 6.10 Å². The molecule has 2 amide bonds. The highest BCUT2D eigenvalue weighted by Crippen LogP contribution is 2.28. The molecule has 0 aliphatic carbocycles. The van der Waals surface area contributed by atoms with Gasteiger partial charge in [0.1, 0.15) is 11.9 Å². The fraction of sp³-hybridized carbons (Fsp3) is 0.500. The average Bonchev–Trinajstić information content (AvgIpc) is 3.12. The Bertz CT molecular complexity index is 857. The van der Waals surface area contributed by atoms with Crippen LogP contribution in [0.3, 0.4) is 0 Å². The van der Waals surface area contributed by atoms with E-state index in [9.17, 15) is 18.8 Å². The van der Waals surface area contributed by atoms with Crippen LogP contribution in [-0.4, -0.2) is 73.0 Å². The van der Waals surface area contributed by atoms with Gasteiger partial charge in [-0.2, -0.15) is 0 Å². The smallest absolute Gasteiger partial charge is 0.414 e. The molecule has 0 bridgehead atoms. The minimum absolute atomic E-state index is 0.308. The minimum atomic E-state index is -0.521. The summed E-state index contributed by atoms with van der Waals surface area (Å²) in [6.07, 6.45) is -0.173. The summed E-state index contributed by atoms with van der Waals surface area (Å²) in [5.41, 5.74) is 0.819. The number of cyclic esters (lactones) is 1. The summed E-state index contributed by atoms with van der Waals surface area (Å²) in [6.45, 7) is 5.46. The molecule has 1 aromatic rings. The van der Waals surface area contributed by atoms with Crippen molar-refractivity contribution in [2.75, 3.05) is 49.1 Å². The number of hydrogen-bond donors (Lipinski definition) is 1. The first kappa shape index (κ1) is 21.9. The molecule has 1 N–H and O–H groups in total. The number of ketones is 1. The minimum Gasteiger partial charge on any atom is -0.442 e. The molecular weight excluding hydrogens is 411 g/mol. The van der Waals surface area contributed by atoms with E-state index in [1.54, 1.807) is 12.1 Å². The highest BCUT2D eigenvalue weighted by Gasteiger charge is 2.33. The van der Waals surface area contributed by atoms with Crippen LogP contribution in [0.5, 0.6) is 0 Å². The molecule has 2 heterocycles. The molecule has 0 spiro atoms. The number of amides is 2. The SMILES string of the molecule is CCC(=S)NCC1CN(c2ccc(N3CCN(C(=O)C(C)=O)CC3)c(F)c2)C(=O)O1. The summed E-state index contributed by atoms with van der Waals surface area (Å²) in [5, 5.41) is 3.05. The van der Waals surface area contributed by atoms with Crippen molar-refractivity contribution in [1.82, 2.24) is 10.2 Å². The van der Waals surface area contributed by atoms with Crippen LogP contribution in [0.4, 0.5) is 20.6 Å².